The van der Waals surface area contributed by atoms with Crippen molar-refractivity contribution in [1.29, 1.82) is 0 Å². The van der Waals surface area contributed by atoms with Crippen LogP contribution in [0.15, 0.2) is 11.5 Å². The number of nitrogens with two attached hydrogens (primary N) is 1. The maximum absolute atomic E-state index is 5.37. The second kappa shape index (κ2) is 4.22. The first-order chi connectivity index (χ1) is 4.57. The van der Waals surface area contributed by atoms with Crippen molar-refractivity contribution < 1.29 is 9.39 Å². The van der Waals surface area contributed by atoms with Gasteiger partial charge < -0.3 is 15.0 Å². The molecule has 3 nitrogen and oxygen atoms in total. The van der Waals surface area contributed by atoms with E-state index in [0.717, 1.165) is 5.57 Å². The van der Waals surface area contributed by atoms with Gasteiger partial charge in [0.2, 0.25) is 0 Å². The molecular weight excluding hydrogens is 129 g/mol. The van der Waals surface area contributed by atoms with E-state index in [1.54, 1.807) is 13.9 Å². The molecule has 58 valence electrons. The van der Waals surface area contributed by atoms with Crippen LogP contribution in [0.4, 0.5) is 0 Å². The van der Waals surface area contributed by atoms with E-state index < -0.39 is 0 Å². The molecule has 0 aromatic carbocycles. The van der Waals surface area contributed by atoms with Crippen molar-refractivity contribution in [3.8, 4) is 0 Å². The van der Waals surface area contributed by atoms with Crippen molar-refractivity contribution in [2.24, 2.45) is 5.64 Å². The molecule has 0 amide bonds. The SMILES string of the molecule is COC(OB(C)N)=C(C)C. The molecule has 0 saturated carbocycles. The molecule has 2 N–H and O–H groups in total. The van der Waals surface area contributed by atoms with Gasteiger partial charge in [0.1, 0.15) is 0 Å². The molecule has 0 aliphatic rings. The van der Waals surface area contributed by atoms with Crippen LogP contribution in [0.5, 0.6) is 0 Å². The van der Waals surface area contributed by atoms with Crippen LogP contribution in [0.2, 0.25) is 6.82 Å². The minimum atomic E-state index is -0.315. The van der Waals surface area contributed by atoms with Crippen molar-refractivity contribution in [3.63, 3.8) is 0 Å². The lowest BCUT2D eigenvalue weighted by molar-refractivity contribution is 0.146. The van der Waals surface area contributed by atoms with Crippen LogP contribution < -0.4 is 5.64 Å². The van der Waals surface area contributed by atoms with Crippen molar-refractivity contribution in [3.05, 3.63) is 11.5 Å². The Labute approximate surface area is 62.3 Å². The van der Waals surface area contributed by atoms with E-state index in [1.165, 1.54) is 0 Å². The van der Waals surface area contributed by atoms with E-state index in [4.69, 9.17) is 15.0 Å². The molecule has 0 aliphatic carbocycles. The lowest BCUT2D eigenvalue weighted by Gasteiger charge is -2.11. The third kappa shape index (κ3) is 3.40. The van der Waals surface area contributed by atoms with Crippen molar-refractivity contribution >= 4 is 7.05 Å². The highest BCUT2D eigenvalue weighted by atomic mass is 16.6. The topological polar surface area (TPSA) is 44.5 Å². The van der Waals surface area contributed by atoms with Crippen LogP contribution >= 0.6 is 0 Å². The molecule has 10 heavy (non-hydrogen) atoms. The summed E-state index contributed by atoms with van der Waals surface area (Å²) in [5.41, 5.74) is 6.36. The first-order valence-corrected chi connectivity index (χ1v) is 3.21. The van der Waals surface area contributed by atoms with Gasteiger partial charge in [0, 0.05) is 5.57 Å². The molecule has 0 heterocycles. The lowest BCUT2D eigenvalue weighted by atomic mass is 9.91. The highest BCUT2D eigenvalue weighted by Crippen LogP contribution is 2.05. The maximum atomic E-state index is 5.37. The van der Waals surface area contributed by atoms with Gasteiger partial charge in [0.05, 0.1) is 7.11 Å². The molecule has 0 aliphatic heterocycles. The summed E-state index contributed by atoms with van der Waals surface area (Å²) in [6.07, 6.45) is 0. The van der Waals surface area contributed by atoms with E-state index in [9.17, 15) is 0 Å². The first-order valence-electron chi connectivity index (χ1n) is 3.21. The third-order valence-corrected chi connectivity index (χ3v) is 0.887. The largest absolute Gasteiger partial charge is 0.520 e. The summed E-state index contributed by atoms with van der Waals surface area (Å²) in [6.45, 7) is 5.56. The molecule has 0 rings (SSSR count). The fraction of sp³-hybridized carbons (Fsp3) is 0.667. The average molecular weight is 143 g/mol. The zero-order valence-electron chi connectivity index (χ0n) is 6.97. The van der Waals surface area contributed by atoms with Crippen LogP contribution in [0.3, 0.4) is 0 Å². The van der Waals surface area contributed by atoms with Crippen molar-refractivity contribution in [2.45, 2.75) is 20.7 Å². The van der Waals surface area contributed by atoms with Gasteiger partial charge in [0.25, 0.3) is 5.95 Å². The summed E-state index contributed by atoms with van der Waals surface area (Å²) >= 11 is 0. The quantitative estimate of drug-likeness (QED) is 0.473. The second-order valence-corrected chi connectivity index (χ2v) is 2.31. The highest BCUT2D eigenvalue weighted by Gasteiger charge is 2.06. The Balaban J connectivity index is 3.97. The molecule has 0 atom stereocenters. The summed E-state index contributed by atoms with van der Waals surface area (Å²) in [5, 5.41) is 0. The molecule has 0 fully saturated rings. The Hall–Kier alpha value is -0.635. The van der Waals surface area contributed by atoms with Gasteiger partial charge in [-0.15, -0.1) is 0 Å². The Bertz CT molecular complexity index is 130. The fourth-order valence-corrected chi connectivity index (χ4v) is 0.539. The van der Waals surface area contributed by atoms with Gasteiger partial charge in [-0.05, 0) is 20.7 Å². The van der Waals surface area contributed by atoms with Gasteiger partial charge in [-0.3, -0.25) is 0 Å². The number of ether oxygens (including phenoxy) is 1. The number of hydrogen-bond donors (Lipinski definition) is 1. The summed E-state index contributed by atoms with van der Waals surface area (Å²) < 4.78 is 10.00. The smallest absolute Gasteiger partial charge is 0.442 e. The predicted molar refractivity (Wildman–Crippen MR) is 42.3 cm³/mol. The van der Waals surface area contributed by atoms with E-state index in [1.807, 2.05) is 13.8 Å². The van der Waals surface area contributed by atoms with E-state index in [2.05, 4.69) is 0 Å². The fourth-order valence-electron chi connectivity index (χ4n) is 0.539. The summed E-state index contributed by atoms with van der Waals surface area (Å²) in [4.78, 5) is 0. The molecule has 0 aromatic rings. The van der Waals surface area contributed by atoms with E-state index >= 15 is 0 Å². The zero-order valence-corrected chi connectivity index (χ0v) is 6.97. The monoisotopic (exact) mass is 143 g/mol. The van der Waals surface area contributed by atoms with Gasteiger partial charge in [0.15, 0.2) is 0 Å². The summed E-state index contributed by atoms with van der Waals surface area (Å²) in [5.74, 6) is 0.509. The average Bonchev–Trinajstić information content (AvgIpc) is 1.81. The van der Waals surface area contributed by atoms with Crippen molar-refractivity contribution in [1.82, 2.24) is 0 Å². The molecule has 0 aromatic heterocycles. The van der Waals surface area contributed by atoms with Crippen LogP contribution in [-0.4, -0.2) is 14.2 Å². The molecule has 0 bridgehead atoms. The number of allylic oxidation sites excluding steroid dienone is 1. The third-order valence-electron chi connectivity index (χ3n) is 0.887. The van der Waals surface area contributed by atoms with Crippen LogP contribution in [-0.2, 0) is 9.39 Å². The highest BCUT2D eigenvalue weighted by molar-refractivity contribution is 6.46. The van der Waals surface area contributed by atoms with Crippen LogP contribution in [0.25, 0.3) is 0 Å². The van der Waals surface area contributed by atoms with Crippen LogP contribution in [0.1, 0.15) is 13.8 Å². The van der Waals surface area contributed by atoms with E-state index in [-0.39, 0.29) is 7.05 Å². The predicted octanol–water partition coefficient (Wildman–Crippen LogP) is 0.977. The number of methoxy groups -OCH3 is 1. The van der Waals surface area contributed by atoms with Crippen molar-refractivity contribution in [2.75, 3.05) is 7.11 Å². The standard InChI is InChI=1S/C6H14BNO2/c1-5(2)6(9-4)10-7(3)8/h8H2,1-4H3. The lowest BCUT2D eigenvalue weighted by Crippen LogP contribution is -2.25. The van der Waals surface area contributed by atoms with Gasteiger partial charge in [-0.2, -0.15) is 0 Å². The molecule has 0 unspecified atom stereocenters. The van der Waals surface area contributed by atoms with Gasteiger partial charge in [-0.25, -0.2) is 0 Å². The minimum Gasteiger partial charge on any atom is -0.520 e. The Kier molecular flexibility index (Phi) is 3.96. The second-order valence-electron chi connectivity index (χ2n) is 2.31. The first kappa shape index (κ1) is 9.36. The Morgan fingerprint density at radius 3 is 2.00 bits per heavy atom. The summed E-state index contributed by atoms with van der Waals surface area (Å²) in [6, 6.07) is 0. The molecule has 0 spiro atoms. The minimum absolute atomic E-state index is 0.315. The molecule has 4 heteroatoms. The Morgan fingerprint density at radius 2 is 1.90 bits per heavy atom. The number of rotatable bonds is 3. The molecule has 0 saturated heterocycles. The zero-order chi connectivity index (χ0) is 8.15. The van der Waals surface area contributed by atoms with Gasteiger partial charge in [-0.1, -0.05) is 0 Å². The summed E-state index contributed by atoms with van der Waals surface area (Å²) in [7, 11) is 1.25. The molecule has 0 radical (unpaired) electrons. The van der Waals surface area contributed by atoms with Crippen LogP contribution in [0, 0.1) is 0 Å². The molecular formula is C6H14BNO2. The maximum Gasteiger partial charge on any atom is 0.442 e. The van der Waals surface area contributed by atoms with E-state index in [0.29, 0.717) is 5.95 Å². The number of hydrogen-bond acceptors (Lipinski definition) is 3. The van der Waals surface area contributed by atoms with Gasteiger partial charge >= 0.3 is 7.05 Å². The Morgan fingerprint density at radius 1 is 1.40 bits per heavy atom. The normalized spacial score (nSPS) is 8.50.